The summed E-state index contributed by atoms with van der Waals surface area (Å²) in [5.41, 5.74) is 7.59. The Morgan fingerprint density at radius 2 is 1.66 bits per heavy atom. The molecule has 0 aliphatic heterocycles. The number of nitrogen functional groups attached to an aromatic ring is 1. The summed E-state index contributed by atoms with van der Waals surface area (Å²) in [6.07, 6.45) is 0.649. The lowest BCUT2D eigenvalue weighted by Gasteiger charge is -2.19. The van der Waals surface area contributed by atoms with Gasteiger partial charge in [-0.2, -0.15) is 0 Å². The lowest BCUT2D eigenvalue weighted by molar-refractivity contribution is -0.109. The van der Waals surface area contributed by atoms with Crippen molar-refractivity contribution in [3.05, 3.63) is 34.7 Å². The van der Waals surface area contributed by atoms with Gasteiger partial charge in [-0.3, -0.25) is 4.79 Å². The molecule has 0 aliphatic carbocycles. The summed E-state index contributed by atoms with van der Waals surface area (Å²) in [7, 11) is 1.71. The van der Waals surface area contributed by atoms with E-state index in [-0.39, 0.29) is 12.2 Å². The molecular formula is C25H39NO5S. The van der Waals surface area contributed by atoms with E-state index in [0.29, 0.717) is 22.6 Å². The van der Waals surface area contributed by atoms with Crippen LogP contribution in [0.3, 0.4) is 0 Å². The highest BCUT2D eigenvalue weighted by Crippen LogP contribution is 2.42. The highest BCUT2D eigenvalue weighted by Gasteiger charge is 2.27. The molecule has 0 spiro atoms. The Kier molecular flexibility index (Phi) is 12.2. The van der Waals surface area contributed by atoms with Crippen molar-refractivity contribution in [3.8, 4) is 16.2 Å². The van der Waals surface area contributed by atoms with Crippen molar-refractivity contribution in [1.82, 2.24) is 0 Å². The number of aldehydes is 1. The first-order chi connectivity index (χ1) is 14.8. The van der Waals surface area contributed by atoms with Crippen LogP contribution < -0.4 is 10.5 Å². The number of methoxy groups -OCH3 is 1. The third-order valence-corrected chi connectivity index (χ3v) is 5.03. The van der Waals surface area contributed by atoms with Gasteiger partial charge in [0.25, 0.3) is 0 Å². The SMILES string of the molecule is CC.COC(C)(C)C.Cc1c(-c2cccc(N)c2)sc(C(=O)OC(C)(C)C)c1OCC=O. The first kappa shape index (κ1) is 29.6. The Hall–Kier alpha value is -2.38. The van der Waals surface area contributed by atoms with Crippen LogP contribution >= 0.6 is 11.3 Å². The molecule has 2 N–H and O–H groups in total. The molecule has 0 atom stereocenters. The normalized spacial score (nSPS) is 10.8. The second kappa shape index (κ2) is 13.2. The molecule has 0 radical (unpaired) electrons. The van der Waals surface area contributed by atoms with Crippen LogP contribution in [0.25, 0.3) is 10.4 Å². The first-order valence-electron chi connectivity index (χ1n) is 10.6. The number of carbonyl (C=O) groups is 2. The fourth-order valence-corrected chi connectivity index (χ4v) is 3.33. The molecule has 1 aromatic heterocycles. The number of nitrogens with two attached hydrogens (primary N) is 1. The quantitative estimate of drug-likeness (QED) is 0.317. The van der Waals surface area contributed by atoms with Crippen LogP contribution in [0.1, 0.15) is 70.6 Å². The van der Waals surface area contributed by atoms with Crippen LogP contribution in [0.15, 0.2) is 24.3 Å². The standard InChI is InChI=1S/C18H21NO4S.C5H12O.C2H6/c1-11-14(22-9-8-20)16(17(21)23-18(2,3)4)24-15(11)12-6-5-7-13(19)10-12;1-5(2,3)6-4;1-2/h5-8,10H,9,19H2,1-4H3;1-4H3;1-2H3. The van der Waals surface area contributed by atoms with E-state index in [1.165, 1.54) is 11.3 Å². The highest BCUT2D eigenvalue weighted by molar-refractivity contribution is 7.18. The Bertz CT molecular complexity index is 860. The molecule has 32 heavy (non-hydrogen) atoms. The van der Waals surface area contributed by atoms with Gasteiger partial charge in [0.1, 0.15) is 18.0 Å². The molecule has 0 saturated carbocycles. The lowest BCUT2D eigenvalue weighted by Crippen LogP contribution is -2.23. The molecule has 180 valence electrons. The van der Waals surface area contributed by atoms with Crippen LogP contribution in [0.2, 0.25) is 0 Å². The monoisotopic (exact) mass is 465 g/mol. The maximum atomic E-state index is 12.5. The van der Waals surface area contributed by atoms with Gasteiger partial charge in [-0.25, -0.2) is 4.79 Å². The molecule has 1 aromatic carbocycles. The number of hydrogen-bond acceptors (Lipinski definition) is 7. The van der Waals surface area contributed by atoms with Gasteiger partial charge in [0.05, 0.1) is 5.60 Å². The minimum absolute atomic E-state index is 0.0417. The average molecular weight is 466 g/mol. The molecule has 1 heterocycles. The second-order valence-electron chi connectivity index (χ2n) is 8.64. The van der Waals surface area contributed by atoms with E-state index in [2.05, 4.69) is 0 Å². The van der Waals surface area contributed by atoms with Gasteiger partial charge in [-0.05, 0) is 66.2 Å². The number of anilines is 1. The molecule has 2 rings (SSSR count). The van der Waals surface area contributed by atoms with Crippen molar-refractivity contribution < 1.29 is 23.8 Å². The van der Waals surface area contributed by atoms with E-state index in [0.717, 1.165) is 16.0 Å². The predicted octanol–water partition coefficient (Wildman–Crippen LogP) is 6.30. The second-order valence-corrected chi connectivity index (χ2v) is 9.66. The molecule has 0 amide bonds. The number of ether oxygens (including phenoxy) is 3. The van der Waals surface area contributed by atoms with Gasteiger partial charge < -0.3 is 19.9 Å². The first-order valence-corrected chi connectivity index (χ1v) is 11.4. The zero-order valence-electron chi connectivity index (χ0n) is 21.1. The number of rotatable bonds is 5. The molecule has 0 bridgehead atoms. The van der Waals surface area contributed by atoms with Crippen molar-refractivity contribution in [2.75, 3.05) is 19.5 Å². The van der Waals surface area contributed by atoms with Gasteiger partial charge in [-0.1, -0.05) is 26.0 Å². The minimum Gasteiger partial charge on any atom is -0.484 e. The summed E-state index contributed by atoms with van der Waals surface area (Å²) in [6.45, 7) is 17.2. The zero-order chi connectivity index (χ0) is 25.1. The molecule has 0 fully saturated rings. The fraction of sp³-hybridized carbons (Fsp3) is 0.520. The van der Waals surface area contributed by atoms with Gasteiger partial charge in [0.15, 0.2) is 11.2 Å². The maximum Gasteiger partial charge on any atom is 0.352 e. The molecule has 2 aromatic rings. The maximum absolute atomic E-state index is 12.5. The van der Waals surface area contributed by atoms with Crippen molar-refractivity contribution >= 4 is 29.3 Å². The highest BCUT2D eigenvalue weighted by atomic mass is 32.1. The number of thiophene rings is 1. The predicted molar refractivity (Wildman–Crippen MR) is 134 cm³/mol. The topological polar surface area (TPSA) is 87.8 Å². The fourth-order valence-electron chi connectivity index (χ4n) is 2.20. The molecule has 0 unspecified atom stereocenters. The van der Waals surface area contributed by atoms with Crippen molar-refractivity contribution in [2.45, 2.75) is 73.5 Å². The van der Waals surface area contributed by atoms with Crippen LogP contribution in [-0.4, -0.2) is 37.2 Å². The summed E-state index contributed by atoms with van der Waals surface area (Å²) in [5, 5.41) is 0. The van der Waals surface area contributed by atoms with E-state index >= 15 is 0 Å². The molecular weight excluding hydrogens is 426 g/mol. The van der Waals surface area contributed by atoms with Gasteiger partial charge in [0, 0.05) is 23.2 Å². The van der Waals surface area contributed by atoms with Crippen LogP contribution in [-0.2, 0) is 14.3 Å². The summed E-state index contributed by atoms with van der Waals surface area (Å²) < 4.78 is 15.9. The van der Waals surface area contributed by atoms with E-state index in [4.69, 9.17) is 19.9 Å². The van der Waals surface area contributed by atoms with Gasteiger partial charge in [-0.15, -0.1) is 11.3 Å². The van der Waals surface area contributed by atoms with Crippen LogP contribution in [0, 0.1) is 6.92 Å². The van der Waals surface area contributed by atoms with E-state index in [1.54, 1.807) is 33.9 Å². The summed E-state index contributed by atoms with van der Waals surface area (Å²) >= 11 is 1.28. The summed E-state index contributed by atoms with van der Waals surface area (Å²) in [4.78, 5) is 24.4. The Morgan fingerprint density at radius 3 is 2.09 bits per heavy atom. The third-order valence-electron chi connectivity index (χ3n) is 3.73. The number of carbonyl (C=O) groups excluding carboxylic acids is 2. The molecule has 0 aliphatic rings. The van der Waals surface area contributed by atoms with Gasteiger partial charge in [0.2, 0.25) is 0 Å². The zero-order valence-corrected chi connectivity index (χ0v) is 21.9. The largest absolute Gasteiger partial charge is 0.484 e. The minimum atomic E-state index is -0.617. The van der Waals surface area contributed by atoms with Crippen LogP contribution in [0.5, 0.6) is 5.75 Å². The average Bonchev–Trinajstić information content (AvgIpc) is 3.03. The van der Waals surface area contributed by atoms with Crippen molar-refractivity contribution in [3.63, 3.8) is 0 Å². The van der Waals surface area contributed by atoms with Crippen LogP contribution in [0.4, 0.5) is 5.69 Å². The van der Waals surface area contributed by atoms with Crippen molar-refractivity contribution in [2.24, 2.45) is 0 Å². The Balaban J connectivity index is 0.00000104. The number of esters is 1. The van der Waals surface area contributed by atoms with Gasteiger partial charge >= 0.3 is 5.97 Å². The summed E-state index contributed by atoms with van der Waals surface area (Å²) in [5.74, 6) is -0.0783. The van der Waals surface area contributed by atoms with E-state index < -0.39 is 11.6 Å². The molecule has 7 heteroatoms. The van der Waals surface area contributed by atoms with E-state index in [9.17, 15) is 9.59 Å². The third kappa shape index (κ3) is 10.3. The number of benzene rings is 1. The Labute approximate surface area is 197 Å². The van der Waals surface area contributed by atoms with Crippen molar-refractivity contribution in [1.29, 1.82) is 0 Å². The molecule has 6 nitrogen and oxygen atoms in total. The number of hydrogen-bond donors (Lipinski definition) is 1. The summed E-state index contributed by atoms with van der Waals surface area (Å²) in [6, 6.07) is 7.40. The Morgan fingerprint density at radius 1 is 1.09 bits per heavy atom. The van der Waals surface area contributed by atoms with E-state index in [1.807, 2.05) is 59.7 Å². The smallest absolute Gasteiger partial charge is 0.352 e. The molecule has 0 saturated heterocycles. The lowest BCUT2D eigenvalue weighted by atomic mass is 10.1.